The third kappa shape index (κ3) is 2.90. The highest BCUT2D eigenvalue weighted by Crippen LogP contribution is 2.29. The molecule has 2 aromatic heterocycles. The van der Waals surface area contributed by atoms with Crippen molar-refractivity contribution in [3.05, 3.63) is 40.2 Å². The van der Waals surface area contributed by atoms with Crippen molar-refractivity contribution < 1.29 is 0 Å². The minimum absolute atomic E-state index is 0.275. The summed E-state index contributed by atoms with van der Waals surface area (Å²) in [5.41, 5.74) is 1.47. The van der Waals surface area contributed by atoms with Gasteiger partial charge in [-0.15, -0.1) is 10.2 Å². The monoisotopic (exact) mass is 342 g/mol. The van der Waals surface area contributed by atoms with Crippen molar-refractivity contribution in [2.45, 2.75) is 44.7 Å². The van der Waals surface area contributed by atoms with Crippen LogP contribution in [-0.4, -0.2) is 37.7 Å². The maximum atomic E-state index is 9.10. The van der Waals surface area contributed by atoms with E-state index in [2.05, 4.69) is 30.7 Å². The largest absolute Gasteiger partial charge is 0.315 e. The molecule has 2 aliphatic heterocycles. The van der Waals surface area contributed by atoms with Crippen LogP contribution >= 0.6 is 11.6 Å². The predicted octanol–water partition coefficient (Wildman–Crippen LogP) is 2.52. The van der Waals surface area contributed by atoms with Gasteiger partial charge >= 0.3 is 0 Å². The second kappa shape index (κ2) is 6.50. The Balaban J connectivity index is 1.48. The highest BCUT2D eigenvalue weighted by atomic mass is 35.5. The second-order valence-corrected chi connectivity index (χ2v) is 6.96. The molecule has 0 bridgehead atoms. The third-order valence-corrected chi connectivity index (χ3v) is 5.23. The van der Waals surface area contributed by atoms with Crippen molar-refractivity contribution in [2.24, 2.45) is 0 Å². The number of hydrogen-bond donors (Lipinski definition) is 0. The van der Waals surface area contributed by atoms with E-state index in [1.807, 2.05) is 6.07 Å². The Kier molecular flexibility index (Phi) is 4.21. The summed E-state index contributed by atoms with van der Waals surface area (Å²) in [7, 11) is 0. The van der Waals surface area contributed by atoms with Crippen LogP contribution in [0.15, 0.2) is 12.3 Å². The molecule has 0 spiro atoms. The van der Waals surface area contributed by atoms with E-state index in [-0.39, 0.29) is 5.15 Å². The van der Waals surface area contributed by atoms with E-state index in [0.717, 1.165) is 62.7 Å². The van der Waals surface area contributed by atoms with E-state index >= 15 is 0 Å². The molecule has 0 aliphatic carbocycles. The summed E-state index contributed by atoms with van der Waals surface area (Å²) in [6.07, 6.45) is 6.32. The van der Waals surface area contributed by atoms with E-state index < -0.39 is 0 Å². The lowest BCUT2D eigenvalue weighted by atomic mass is 9.96. The zero-order valence-electron chi connectivity index (χ0n) is 13.5. The zero-order chi connectivity index (χ0) is 16.5. The van der Waals surface area contributed by atoms with Crippen LogP contribution in [0.25, 0.3) is 0 Å². The van der Waals surface area contributed by atoms with Crippen LogP contribution in [0.2, 0.25) is 5.15 Å². The Labute approximate surface area is 146 Å². The summed E-state index contributed by atoms with van der Waals surface area (Å²) in [5, 5.41) is 18.2. The summed E-state index contributed by atoms with van der Waals surface area (Å²) in [5.74, 6) is 2.73. The fourth-order valence-corrected chi connectivity index (χ4v) is 3.94. The van der Waals surface area contributed by atoms with E-state index in [0.29, 0.717) is 11.5 Å². The summed E-state index contributed by atoms with van der Waals surface area (Å²) >= 11 is 5.92. The number of pyridine rings is 1. The van der Waals surface area contributed by atoms with Crippen molar-refractivity contribution in [1.82, 2.24) is 24.6 Å². The van der Waals surface area contributed by atoms with Gasteiger partial charge in [-0.2, -0.15) is 5.26 Å². The van der Waals surface area contributed by atoms with Crippen LogP contribution in [0.5, 0.6) is 0 Å². The van der Waals surface area contributed by atoms with Gasteiger partial charge in [-0.25, -0.2) is 4.98 Å². The summed E-state index contributed by atoms with van der Waals surface area (Å²) < 4.78 is 2.31. The molecule has 2 aliphatic rings. The molecule has 1 fully saturated rings. The first-order valence-corrected chi connectivity index (χ1v) is 8.81. The van der Waals surface area contributed by atoms with Crippen LogP contribution in [0.3, 0.4) is 0 Å². The van der Waals surface area contributed by atoms with E-state index in [9.17, 15) is 0 Å². The molecule has 0 radical (unpaired) electrons. The quantitative estimate of drug-likeness (QED) is 0.801. The van der Waals surface area contributed by atoms with Gasteiger partial charge < -0.3 is 4.57 Å². The number of fused-ring (bicyclic) bond motifs is 1. The van der Waals surface area contributed by atoms with Gasteiger partial charge in [0.2, 0.25) is 0 Å². The summed E-state index contributed by atoms with van der Waals surface area (Å²) in [4.78, 5) is 6.53. The van der Waals surface area contributed by atoms with Crippen molar-refractivity contribution in [3.63, 3.8) is 0 Å². The predicted molar refractivity (Wildman–Crippen MR) is 89.6 cm³/mol. The second-order valence-electron chi connectivity index (χ2n) is 6.60. The Hall–Kier alpha value is -1.97. The van der Waals surface area contributed by atoms with Gasteiger partial charge in [0.1, 0.15) is 22.9 Å². The molecule has 124 valence electrons. The van der Waals surface area contributed by atoms with Crippen molar-refractivity contribution in [1.29, 1.82) is 5.26 Å². The number of aryl methyl sites for hydroxylation is 1. The van der Waals surface area contributed by atoms with E-state index in [1.165, 1.54) is 6.42 Å². The van der Waals surface area contributed by atoms with Gasteiger partial charge in [-0.3, -0.25) is 4.90 Å². The Morgan fingerprint density at radius 2 is 2.21 bits per heavy atom. The average molecular weight is 343 g/mol. The maximum absolute atomic E-state index is 9.10. The summed E-state index contributed by atoms with van der Waals surface area (Å²) in [6.45, 7) is 3.88. The minimum atomic E-state index is 0.275. The standard InChI is InChI=1S/C17H19ClN6/c18-16-14(8-19)7-12(9-20-16)10-23-5-1-3-13(11-23)17-22-21-15-4-2-6-24(15)17/h7,9,13H,1-6,10-11H2/t13-/m1/s1. The molecular weight excluding hydrogens is 324 g/mol. The number of halogens is 1. The Morgan fingerprint density at radius 3 is 3.08 bits per heavy atom. The first-order chi connectivity index (χ1) is 11.7. The van der Waals surface area contributed by atoms with Gasteiger partial charge in [0.05, 0.1) is 5.56 Å². The molecule has 24 heavy (non-hydrogen) atoms. The van der Waals surface area contributed by atoms with Gasteiger partial charge in [0.25, 0.3) is 0 Å². The molecular formula is C17H19ClN6. The number of aromatic nitrogens is 4. The van der Waals surface area contributed by atoms with Gasteiger partial charge in [0, 0.05) is 38.2 Å². The molecule has 4 rings (SSSR count). The minimum Gasteiger partial charge on any atom is -0.315 e. The lowest BCUT2D eigenvalue weighted by molar-refractivity contribution is 0.194. The van der Waals surface area contributed by atoms with Crippen LogP contribution in [0.1, 0.15) is 48.0 Å². The molecule has 1 atom stereocenters. The molecule has 1 saturated heterocycles. The number of rotatable bonds is 3. The molecule has 6 nitrogen and oxygen atoms in total. The summed E-state index contributed by atoms with van der Waals surface area (Å²) in [6, 6.07) is 3.94. The highest BCUT2D eigenvalue weighted by molar-refractivity contribution is 6.30. The lowest BCUT2D eigenvalue weighted by Crippen LogP contribution is -2.35. The molecule has 0 saturated carbocycles. The van der Waals surface area contributed by atoms with Crippen molar-refractivity contribution in [2.75, 3.05) is 13.1 Å². The fraction of sp³-hybridized carbons (Fsp3) is 0.529. The van der Waals surface area contributed by atoms with E-state index in [4.69, 9.17) is 16.9 Å². The zero-order valence-corrected chi connectivity index (χ0v) is 14.2. The van der Waals surface area contributed by atoms with E-state index in [1.54, 1.807) is 6.20 Å². The third-order valence-electron chi connectivity index (χ3n) is 4.93. The topological polar surface area (TPSA) is 70.6 Å². The number of hydrogen-bond acceptors (Lipinski definition) is 5. The number of nitrogens with zero attached hydrogens (tertiary/aromatic N) is 6. The lowest BCUT2D eigenvalue weighted by Gasteiger charge is -2.32. The first-order valence-electron chi connectivity index (χ1n) is 8.43. The molecule has 4 heterocycles. The Bertz CT molecular complexity index is 793. The van der Waals surface area contributed by atoms with Crippen LogP contribution < -0.4 is 0 Å². The van der Waals surface area contributed by atoms with Crippen molar-refractivity contribution in [3.8, 4) is 6.07 Å². The fourth-order valence-electron chi connectivity index (χ4n) is 3.80. The Morgan fingerprint density at radius 1 is 1.29 bits per heavy atom. The molecule has 2 aromatic rings. The smallest absolute Gasteiger partial charge is 0.146 e. The number of nitriles is 1. The van der Waals surface area contributed by atoms with Gasteiger partial charge in [0.15, 0.2) is 0 Å². The normalized spacial score (nSPS) is 20.8. The molecule has 0 unspecified atom stereocenters. The highest BCUT2D eigenvalue weighted by Gasteiger charge is 2.28. The van der Waals surface area contributed by atoms with Gasteiger partial charge in [-0.1, -0.05) is 11.6 Å². The van der Waals surface area contributed by atoms with Crippen LogP contribution in [0.4, 0.5) is 0 Å². The number of piperidine rings is 1. The van der Waals surface area contributed by atoms with Gasteiger partial charge in [-0.05, 0) is 37.4 Å². The maximum Gasteiger partial charge on any atom is 0.146 e. The SMILES string of the molecule is N#Cc1cc(CN2CCC[C@@H](c3nnc4n3CCC4)C2)cnc1Cl. The van der Waals surface area contributed by atoms with Crippen LogP contribution in [0, 0.1) is 11.3 Å². The molecule has 7 heteroatoms. The van der Waals surface area contributed by atoms with Crippen LogP contribution in [-0.2, 0) is 19.5 Å². The van der Waals surface area contributed by atoms with Crippen molar-refractivity contribution >= 4 is 11.6 Å². The molecule has 0 N–H and O–H groups in total. The molecule has 0 amide bonds. The number of likely N-dealkylation sites (tertiary alicyclic amines) is 1. The molecule has 0 aromatic carbocycles. The average Bonchev–Trinajstić information content (AvgIpc) is 3.20. The first kappa shape index (κ1) is 15.6.